The Labute approximate surface area is 128 Å². The lowest BCUT2D eigenvalue weighted by Crippen LogP contribution is -2.21. The summed E-state index contributed by atoms with van der Waals surface area (Å²) < 4.78 is 1.10. The number of halogens is 2. The van der Waals surface area contributed by atoms with Crippen LogP contribution in [0.2, 0.25) is 5.02 Å². The summed E-state index contributed by atoms with van der Waals surface area (Å²) in [6.45, 7) is 2.02. The molecule has 2 rings (SSSR count). The Bertz CT molecular complexity index is 513. The van der Waals surface area contributed by atoms with Crippen LogP contribution >= 0.6 is 50.6 Å². The van der Waals surface area contributed by atoms with Gasteiger partial charge in [-0.1, -0.05) is 23.4 Å². The van der Waals surface area contributed by atoms with Crippen molar-refractivity contribution in [3.63, 3.8) is 0 Å². The van der Waals surface area contributed by atoms with Gasteiger partial charge in [-0.3, -0.25) is 0 Å². The molecule has 96 valence electrons. The van der Waals surface area contributed by atoms with Crippen molar-refractivity contribution in [3.05, 3.63) is 44.1 Å². The highest BCUT2D eigenvalue weighted by atomic mass is 79.9. The van der Waals surface area contributed by atoms with Crippen molar-refractivity contribution in [3.8, 4) is 0 Å². The lowest BCUT2D eigenvalue weighted by atomic mass is 10.2. The van der Waals surface area contributed by atoms with Gasteiger partial charge in [0.1, 0.15) is 0 Å². The van der Waals surface area contributed by atoms with Gasteiger partial charge in [-0.25, -0.2) is 4.98 Å². The molecule has 18 heavy (non-hydrogen) atoms. The van der Waals surface area contributed by atoms with E-state index >= 15 is 0 Å². The molecule has 2 unspecified atom stereocenters. The number of thiophene rings is 1. The van der Waals surface area contributed by atoms with Crippen molar-refractivity contribution in [1.29, 1.82) is 0 Å². The van der Waals surface area contributed by atoms with Crippen LogP contribution in [0.5, 0.6) is 0 Å². The molecule has 2 heterocycles. The first-order valence-corrected chi connectivity index (χ1v) is 8.27. The fourth-order valence-corrected chi connectivity index (χ4v) is 4.35. The van der Waals surface area contributed by atoms with E-state index in [0.29, 0.717) is 5.02 Å². The number of thioether (sulfide) groups is 1. The predicted octanol–water partition coefficient (Wildman–Crippen LogP) is 4.74. The molecule has 2 nitrogen and oxygen atoms in total. The van der Waals surface area contributed by atoms with Crippen molar-refractivity contribution < 1.29 is 0 Å². The molecule has 0 aliphatic carbocycles. The molecule has 2 atom stereocenters. The number of nitrogens with two attached hydrogens (primary N) is 1. The first-order chi connectivity index (χ1) is 8.56. The van der Waals surface area contributed by atoms with Gasteiger partial charge in [-0.2, -0.15) is 0 Å². The Morgan fingerprint density at radius 3 is 2.78 bits per heavy atom. The topological polar surface area (TPSA) is 38.9 Å². The lowest BCUT2D eigenvalue weighted by Gasteiger charge is -2.18. The molecule has 6 heteroatoms. The van der Waals surface area contributed by atoms with Crippen molar-refractivity contribution in [2.75, 3.05) is 0 Å². The second-order valence-electron chi connectivity index (χ2n) is 3.88. The third-order valence-electron chi connectivity index (χ3n) is 2.29. The van der Waals surface area contributed by atoms with Gasteiger partial charge in [0.15, 0.2) is 0 Å². The van der Waals surface area contributed by atoms with Crippen LogP contribution in [0.3, 0.4) is 0 Å². The highest BCUT2D eigenvalue weighted by Gasteiger charge is 2.20. The number of pyridine rings is 1. The van der Waals surface area contributed by atoms with Gasteiger partial charge in [0.05, 0.1) is 15.3 Å². The van der Waals surface area contributed by atoms with Crippen LogP contribution in [0.1, 0.15) is 17.1 Å². The zero-order chi connectivity index (χ0) is 13.1. The van der Waals surface area contributed by atoms with Gasteiger partial charge in [0.2, 0.25) is 0 Å². The van der Waals surface area contributed by atoms with Crippen LogP contribution in [0.25, 0.3) is 0 Å². The summed E-state index contributed by atoms with van der Waals surface area (Å²) in [7, 11) is 0. The Balaban J connectivity index is 2.19. The molecule has 0 aromatic carbocycles. The predicted molar refractivity (Wildman–Crippen MR) is 83.5 cm³/mol. The second kappa shape index (κ2) is 6.39. The van der Waals surface area contributed by atoms with E-state index in [1.54, 1.807) is 29.3 Å². The molecule has 0 saturated carbocycles. The van der Waals surface area contributed by atoms with E-state index in [1.807, 2.05) is 19.1 Å². The Morgan fingerprint density at radius 2 is 2.28 bits per heavy atom. The monoisotopic (exact) mass is 362 g/mol. The lowest BCUT2D eigenvalue weighted by molar-refractivity contribution is 0.728. The Hall–Kier alpha value is -0.0700. The summed E-state index contributed by atoms with van der Waals surface area (Å²) in [5.74, 6) is 0. The molecule has 0 bridgehead atoms. The zero-order valence-electron chi connectivity index (χ0n) is 9.64. The number of nitrogens with zero attached hydrogens (tertiary/aromatic N) is 1. The first-order valence-electron chi connectivity index (χ1n) is 5.34. The maximum absolute atomic E-state index is 6.07. The van der Waals surface area contributed by atoms with Crippen molar-refractivity contribution in [1.82, 2.24) is 4.98 Å². The van der Waals surface area contributed by atoms with Crippen LogP contribution in [0, 0.1) is 0 Å². The number of hydrogen-bond acceptors (Lipinski definition) is 4. The van der Waals surface area contributed by atoms with Crippen molar-refractivity contribution >= 4 is 50.6 Å². The molecule has 0 fully saturated rings. The fraction of sp³-hybridized carbons (Fsp3) is 0.250. The normalized spacial score (nSPS) is 14.4. The molecular formula is C12H12BrClN2S2. The van der Waals surface area contributed by atoms with Gasteiger partial charge in [-0.05, 0) is 41.1 Å². The van der Waals surface area contributed by atoms with E-state index in [0.717, 1.165) is 9.50 Å². The number of hydrogen-bond donors (Lipinski definition) is 1. The van der Waals surface area contributed by atoms with Crippen LogP contribution < -0.4 is 5.73 Å². The van der Waals surface area contributed by atoms with E-state index in [-0.39, 0.29) is 11.3 Å². The van der Waals surface area contributed by atoms with Crippen LogP contribution in [-0.2, 0) is 0 Å². The quantitative estimate of drug-likeness (QED) is 0.797. The average Bonchev–Trinajstić information content (AvgIpc) is 2.74. The van der Waals surface area contributed by atoms with Crippen molar-refractivity contribution in [2.45, 2.75) is 23.2 Å². The summed E-state index contributed by atoms with van der Waals surface area (Å²) >= 11 is 12.7. The van der Waals surface area contributed by atoms with Crippen LogP contribution in [-0.4, -0.2) is 11.0 Å². The molecule has 2 aromatic heterocycles. The Kier molecular flexibility index (Phi) is 5.09. The summed E-state index contributed by atoms with van der Waals surface area (Å²) in [5.41, 5.74) is 6.07. The highest BCUT2D eigenvalue weighted by Crippen LogP contribution is 2.40. The van der Waals surface area contributed by atoms with E-state index in [2.05, 4.69) is 32.4 Å². The number of rotatable bonds is 4. The molecule has 0 aliphatic heterocycles. The highest BCUT2D eigenvalue weighted by molar-refractivity contribution is 9.10. The van der Waals surface area contributed by atoms with Gasteiger partial charge in [0.25, 0.3) is 0 Å². The summed E-state index contributed by atoms with van der Waals surface area (Å²) in [6, 6.07) is 5.93. The Morgan fingerprint density at radius 1 is 1.50 bits per heavy atom. The molecule has 0 radical (unpaired) electrons. The standard InChI is InChI=1S/C12H12BrClN2S2/c1-7(15)12(10-4-8(13)6-17-10)18-11-3-2-9(14)5-16-11/h2-7,12H,15H2,1H3. The van der Waals surface area contributed by atoms with E-state index in [1.165, 1.54) is 4.88 Å². The molecule has 0 amide bonds. The average molecular weight is 364 g/mol. The first kappa shape index (κ1) is 14.3. The van der Waals surface area contributed by atoms with Gasteiger partial charge >= 0.3 is 0 Å². The SMILES string of the molecule is CC(N)C(Sc1ccc(Cl)cn1)c1cc(Br)cs1. The smallest absolute Gasteiger partial charge is 0.0967 e. The summed E-state index contributed by atoms with van der Waals surface area (Å²) in [4.78, 5) is 5.55. The fourth-order valence-electron chi connectivity index (χ4n) is 1.46. The zero-order valence-corrected chi connectivity index (χ0v) is 13.6. The third-order valence-corrected chi connectivity index (χ3v) is 5.86. The summed E-state index contributed by atoms with van der Waals surface area (Å²) in [6.07, 6.45) is 1.66. The molecule has 2 aromatic rings. The largest absolute Gasteiger partial charge is 0.327 e. The van der Waals surface area contributed by atoms with Crippen LogP contribution in [0.15, 0.2) is 39.3 Å². The van der Waals surface area contributed by atoms with E-state index in [4.69, 9.17) is 17.3 Å². The minimum absolute atomic E-state index is 0.0537. The molecule has 0 saturated heterocycles. The maximum atomic E-state index is 6.07. The summed E-state index contributed by atoms with van der Waals surface area (Å²) in [5, 5.41) is 3.86. The van der Waals surface area contributed by atoms with E-state index in [9.17, 15) is 0 Å². The second-order valence-corrected chi connectivity index (χ2v) is 7.34. The molecular weight excluding hydrogens is 352 g/mol. The molecule has 2 N–H and O–H groups in total. The molecule has 0 aliphatic rings. The number of aromatic nitrogens is 1. The third kappa shape index (κ3) is 3.71. The van der Waals surface area contributed by atoms with Gasteiger partial charge in [0, 0.05) is 27.0 Å². The molecule has 0 spiro atoms. The minimum Gasteiger partial charge on any atom is -0.327 e. The van der Waals surface area contributed by atoms with E-state index < -0.39 is 0 Å². The minimum atomic E-state index is 0.0537. The van der Waals surface area contributed by atoms with Gasteiger partial charge < -0.3 is 5.73 Å². The maximum Gasteiger partial charge on any atom is 0.0967 e. The van der Waals surface area contributed by atoms with Gasteiger partial charge in [-0.15, -0.1) is 11.3 Å². The van der Waals surface area contributed by atoms with Crippen molar-refractivity contribution in [2.24, 2.45) is 5.73 Å². The van der Waals surface area contributed by atoms with Crippen LogP contribution in [0.4, 0.5) is 0 Å².